The summed E-state index contributed by atoms with van der Waals surface area (Å²) in [5, 5.41) is 2.77. The van der Waals surface area contributed by atoms with Gasteiger partial charge >= 0.3 is 5.97 Å². The molecule has 45 heavy (non-hydrogen) atoms. The number of amides is 1. The van der Waals surface area contributed by atoms with Crippen molar-refractivity contribution in [3.8, 4) is 0 Å². The van der Waals surface area contributed by atoms with Crippen LogP contribution in [0.2, 0.25) is 0 Å². The van der Waals surface area contributed by atoms with Gasteiger partial charge in [0.25, 0.3) is 11.5 Å². The third-order valence-electron chi connectivity index (χ3n) is 12.9. The van der Waals surface area contributed by atoms with Crippen LogP contribution in [0.3, 0.4) is 0 Å². The number of methoxy groups -OCH3 is 1. The Balaban J connectivity index is 1.06. The van der Waals surface area contributed by atoms with Crippen molar-refractivity contribution in [1.82, 2.24) is 19.8 Å². The van der Waals surface area contributed by atoms with Gasteiger partial charge in [0.15, 0.2) is 11.7 Å². The highest BCUT2D eigenvalue weighted by atomic mass is 16.5. The molecule has 1 aromatic heterocycles. The molecule has 0 radical (unpaired) electrons. The third kappa shape index (κ3) is 3.87. The molecule has 11 rings (SSSR count). The first-order chi connectivity index (χ1) is 22.0. The molecule has 2 spiro atoms. The number of hydrogen-bond acceptors (Lipinski definition) is 6. The van der Waals surface area contributed by atoms with E-state index >= 15 is 0 Å². The van der Waals surface area contributed by atoms with Crippen LogP contribution in [0.4, 0.5) is 0 Å². The fraction of sp³-hybridized carbons (Fsp3) is 0.568. The van der Waals surface area contributed by atoms with E-state index in [1.165, 1.54) is 64.9 Å². The van der Waals surface area contributed by atoms with Crippen molar-refractivity contribution in [2.45, 2.75) is 100 Å². The molecule has 8 aliphatic rings. The van der Waals surface area contributed by atoms with E-state index in [9.17, 15) is 14.4 Å². The third-order valence-corrected chi connectivity index (χ3v) is 12.9. The Hall–Kier alpha value is -3.52. The lowest BCUT2D eigenvalue weighted by molar-refractivity contribution is -0.202. The number of esters is 1. The molecule has 234 valence electrons. The topological polar surface area (TPSA) is 93.5 Å². The van der Waals surface area contributed by atoms with Gasteiger partial charge in [-0.1, -0.05) is 74.6 Å². The van der Waals surface area contributed by atoms with Crippen molar-refractivity contribution >= 4 is 22.9 Å². The van der Waals surface area contributed by atoms with Crippen LogP contribution in [-0.4, -0.2) is 51.1 Å². The van der Waals surface area contributed by atoms with Crippen molar-refractivity contribution in [2.24, 2.45) is 23.2 Å². The van der Waals surface area contributed by atoms with E-state index in [0.717, 1.165) is 36.2 Å². The smallest absolute Gasteiger partial charge is 0.333 e. The van der Waals surface area contributed by atoms with Gasteiger partial charge in [-0.3, -0.25) is 14.5 Å². The molecule has 4 heterocycles. The number of carbonyl (C=O) groups is 2. The first kappa shape index (κ1) is 27.8. The quantitative estimate of drug-likeness (QED) is 0.369. The number of carbonyl (C=O) groups excluding carboxylic acids is 2. The molecule has 4 unspecified atom stereocenters. The van der Waals surface area contributed by atoms with Gasteiger partial charge in [0.1, 0.15) is 0 Å². The van der Waals surface area contributed by atoms with E-state index in [2.05, 4.69) is 15.2 Å². The number of nitrogens with one attached hydrogen (secondary N) is 1. The standard InChI is InChI=1S/C37H42N4O4/c1-45-35(44)30(22-12-6-5-7-13-22)39-33(42)31-34(43)40(28-17-11-10-16-27(28)38-31)29-21-36(29)19-24-18-25-26-20-37(26,32(25)36)41(24)23-14-8-3-2-4-9-15-23/h5-7,10-13,16-17,23-26,29-30,32H,2-4,8-9,14-15,18-21H2,1H3,(H,39,42)/t24-,25-,26+,29?,30?,32?,36?,37-/m0/s1. The highest BCUT2D eigenvalue weighted by molar-refractivity contribution is 5.96. The predicted molar refractivity (Wildman–Crippen MR) is 170 cm³/mol. The second-order valence-electron chi connectivity index (χ2n) is 14.9. The molecule has 1 amide bonds. The molecular weight excluding hydrogens is 564 g/mol. The average Bonchev–Trinajstić information content (AvgIpc) is 3.92. The van der Waals surface area contributed by atoms with Gasteiger partial charge < -0.3 is 14.6 Å². The van der Waals surface area contributed by atoms with Crippen molar-refractivity contribution in [3.63, 3.8) is 0 Å². The normalized spacial score (nSPS) is 35.5. The SMILES string of the molecule is COC(=O)C(NC(=O)c1nc2ccccc2n(C2CC23C[C@@H]2C[C@@H]4C3[C@@]3(C[C@H]43)N2C2CCCCCCC2)c1=O)c1ccccc1. The monoisotopic (exact) mass is 606 g/mol. The summed E-state index contributed by atoms with van der Waals surface area (Å²) in [6.45, 7) is 0. The first-order valence-corrected chi connectivity index (χ1v) is 17.2. The van der Waals surface area contributed by atoms with Crippen LogP contribution < -0.4 is 10.9 Å². The molecule has 3 saturated heterocycles. The van der Waals surface area contributed by atoms with Crippen LogP contribution in [0.5, 0.6) is 0 Å². The minimum atomic E-state index is -1.04. The van der Waals surface area contributed by atoms with Crippen LogP contribution in [0, 0.1) is 23.2 Å². The van der Waals surface area contributed by atoms with Gasteiger partial charge in [0.05, 0.1) is 18.1 Å². The van der Waals surface area contributed by atoms with E-state index in [1.807, 2.05) is 34.9 Å². The maximum Gasteiger partial charge on any atom is 0.333 e. The van der Waals surface area contributed by atoms with Gasteiger partial charge in [0.2, 0.25) is 0 Å². The molecule has 8 nitrogen and oxygen atoms in total. The second kappa shape index (κ2) is 9.99. The summed E-state index contributed by atoms with van der Waals surface area (Å²) < 4.78 is 6.93. The summed E-state index contributed by atoms with van der Waals surface area (Å²) in [4.78, 5) is 48.5. The minimum Gasteiger partial charge on any atom is -0.467 e. The van der Waals surface area contributed by atoms with Gasteiger partial charge in [-0.25, -0.2) is 9.78 Å². The lowest BCUT2D eigenvalue weighted by Crippen LogP contribution is -2.74. The molecule has 8 atom stereocenters. The summed E-state index contributed by atoms with van der Waals surface area (Å²) in [5.41, 5.74) is 1.98. The number of piperidine rings is 3. The highest BCUT2D eigenvalue weighted by Gasteiger charge is 2.89. The molecule has 5 saturated carbocycles. The summed E-state index contributed by atoms with van der Waals surface area (Å²) in [6.07, 6.45) is 14.4. The van der Waals surface area contributed by atoms with Crippen molar-refractivity contribution in [3.05, 3.63) is 76.2 Å². The maximum absolute atomic E-state index is 14.4. The number of fused-ring (bicyclic) bond motifs is 1. The van der Waals surface area contributed by atoms with Gasteiger partial charge in [-0.15, -0.1) is 0 Å². The van der Waals surface area contributed by atoms with E-state index < -0.39 is 17.9 Å². The van der Waals surface area contributed by atoms with Gasteiger partial charge in [-0.2, -0.15) is 0 Å². The molecule has 1 N–H and O–H groups in total. The lowest BCUT2D eigenvalue weighted by atomic mass is 9.49. The average molecular weight is 607 g/mol. The molecule has 2 aromatic carbocycles. The first-order valence-electron chi connectivity index (χ1n) is 17.2. The Labute approximate surface area is 263 Å². The van der Waals surface area contributed by atoms with E-state index in [1.54, 1.807) is 24.3 Å². The number of hydrogen-bond donors (Lipinski definition) is 1. The molecule has 4 bridgehead atoms. The number of benzene rings is 2. The van der Waals surface area contributed by atoms with Crippen LogP contribution >= 0.6 is 0 Å². The predicted octanol–water partition coefficient (Wildman–Crippen LogP) is 5.57. The fourth-order valence-electron chi connectivity index (χ4n) is 11.3. The highest BCUT2D eigenvalue weighted by Crippen LogP contribution is 2.88. The Morgan fingerprint density at radius 2 is 1.67 bits per heavy atom. The van der Waals surface area contributed by atoms with Crippen molar-refractivity contribution in [2.75, 3.05) is 7.11 Å². The van der Waals surface area contributed by atoms with E-state index in [4.69, 9.17) is 4.74 Å². The van der Waals surface area contributed by atoms with Crippen LogP contribution in [0.25, 0.3) is 11.0 Å². The molecule has 3 aliphatic heterocycles. The number of aromatic nitrogens is 2. The largest absolute Gasteiger partial charge is 0.467 e. The number of para-hydroxylation sites is 2. The van der Waals surface area contributed by atoms with E-state index in [-0.39, 0.29) is 22.7 Å². The Morgan fingerprint density at radius 1 is 0.933 bits per heavy atom. The summed E-state index contributed by atoms with van der Waals surface area (Å²) in [6, 6.07) is 17.0. The van der Waals surface area contributed by atoms with Crippen molar-refractivity contribution < 1.29 is 14.3 Å². The van der Waals surface area contributed by atoms with Gasteiger partial charge in [0, 0.05) is 23.7 Å². The second-order valence-corrected chi connectivity index (χ2v) is 14.9. The lowest BCUT2D eigenvalue weighted by Gasteiger charge is -2.69. The van der Waals surface area contributed by atoms with E-state index in [0.29, 0.717) is 28.6 Å². The van der Waals surface area contributed by atoms with Crippen molar-refractivity contribution in [1.29, 1.82) is 0 Å². The summed E-state index contributed by atoms with van der Waals surface area (Å²) in [7, 11) is 1.29. The zero-order valence-corrected chi connectivity index (χ0v) is 26.0. The maximum atomic E-state index is 14.4. The zero-order valence-electron chi connectivity index (χ0n) is 26.0. The number of ether oxygens (including phenoxy) is 1. The van der Waals surface area contributed by atoms with Crippen LogP contribution in [0.1, 0.15) is 98.8 Å². The molecule has 8 heteroatoms. The van der Waals surface area contributed by atoms with Gasteiger partial charge in [-0.05, 0) is 79.4 Å². The molecule has 5 aliphatic carbocycles. The molecular formula is C37H42N4O4. The minimum absolute atomic E-state index is 0.0724. The zero-order chi connectivity index (χ0) is 30.5. The summed E-state index contributed by atoms with van der Waals surface area (Å²) in [5.74, 6) is 1.03. The number of nitrogens with zero attached hydrogens (tertiary/aromatic N) is 3. The fourth-order valence-corrected chi connectivity index (χ4v) is 11.3. The Kier molecular flexibility index (Phi) is 6.16. The van der Waals surface area contributed by atoms with Crippen LogP contribution in [-0.2, 0) is 9.53 Å². The molecule has 8 fully saturated rings. The van der Waals surface area contributed by atoms with Crippen LogP contribution in [0.15, 0.2) is 59.4 Å². The molecule has 3 aromatic rings. The summed E-state index contributed by atoms with van der Waals surface area (Å²) >= 11 is 0. The Morgan fingerprint density at radius 3 is 2.44 bits per heavy atom. The Bertz CT molecular complexity index is 1750. The number of rotatable bonds is 6.